The van der Waals surface area contributed by atoms with Crippen LogP contribution in [0.2, 0.25) is 0 Å². The van der Waals surface area contributed by atoms with Gasteiger partial charge in [-0.05, 0) is 31.9 Å². The molecule has 0 radical (unpaired) electrons. The molecule has 0 aliphatic heterocycles. The predicted molar refractivity (Wildman–Crippen MR) is 57.2 cm³/mol. The highest BCUT2D eigenvalue weighted by Crippen LogP contribution is 2.20. The van der Waals surface area contributed by atoms with Crippen molar-refractivity contribution in [3.63, 3.8) is 0 Å². The molecule has 0 bridgehead atoms. The van der Waals surface area contributed by atoms with Crippen LogP contribution in [0.4, 0.5) is 0 Å². The Morgan fingerprint density at radius 1 is 1.29 bits per heavy atom. The zero-order chi connectivity index (χ0) is 10.7. The molecule has 14 heavy (non-hydrogen) atoms. The summed E-state index contributed by atoms with van der Waals surface area (Å²) in [7, 11) is -1.16. The van der Waals surface area contributed by atoms with Crippen molar-refractivity contribution in [2.45, 2.75) is 25.7 Å². The number of nitrogens with two attached hydrogens (primary N) is 1. The summed E-state index contributed by atoms with van der Waals surface area (Å²) in [5.74, 6) is 4.95. The van der Waals surface area contributed by atoms with Gasteiger partial charge in [0.25, 0.3) is 0 Å². The molecule has 1 rings (SSSR count). The first-order chi connectivity index (χ1) is 6.56. The Morgan fingerprint density at radius 2 is 1.79 bits per heavy atom. The van der Waals surface area contributed by atoms with Crippen molar-refractivity contribution < 1.29 is 9.05 Å². The van der Waals surface area contributed by atoms with Gasteiger partial charge in [0.15, 0.2) is 0 Å². The van der Waals surface area contributed by atoms with Crippen LogP contribution in [0.1, 0.15) is 16.7 Å². The molecular formula is C10H15NO2S. The van der Waals surface area contributed by atoms with Crippen LogP contribution in [0.25, 0.3) is 0 Å². The largest absolute Gasteiger partial charge is 0.291 e. The summed E-state index contributed by atoms with van der Waals surface area (Å²) in [5, 5.41) is 0. The van der Waals surface area contributed by atoms with Gasteiger partial charge in [-0.1, -0.05) is 17.7 Å². The Labute approximate surface area is 86.7 Å². The minimum absolute atomic E-state index is 0.0464. The highest BCUT2D eigenvalue weighted by molar-refractivity contribution is 7.85. The fourth-order valence-electron chi connectivity index (χ4n) is 1.65. The molecule has 0 saturated heterocycles. The van der Waals surface area contributed by atoms with Crippen molar-refractivity contribution in [3.8, 4) is 0 Å². The van der Waals surface area contributed by atoms with Gasteiger partial charge in [-0.2, -0.15) is 0 Å². The Kier molecular flexibility index (Phi) is 3.80. The molecule has 78 valence electrons. The van der Waals surface area contributed by atoms with Crippen LogP contribution in [0.5, 0.6) is 0 Å². The minimum Gasteiger partial charge on any atom is -0.291 e. The highest BCUT2D eigenvalue weighted by Gasteiger charge is 2.10. The third kappa shape index (κ3) is 2.41. The Balaban J connectivity index is 3.14. The van der Waals surface area contributed by atoms with Crippen molar-refractivity contribution in [3.05, 3.63) is 28.8 Å². The normalized spacial score (nSPS) is 12.9. The first kappa shape index (κ1) is 11.4. The lowest BCUT2D eigenvalue weighted by molar-refractivity contribution is 0.186. The van der Waals surface area contributed by atoms with Crippen LogP contribution in [0, 0.1) is 20.8 Å². The maximum atomic E-state index is 11.7. The van der Waals surface area contributed by atoms with E-state index in [0.717, 1.165) is 16.0 Å². The minimum atomic E-state index is -1.16. The van der Waals surface area contributed by atoms with Crippen LogP contribution < -0.4 is 5.90 Å². The number of hydrogen-bond donors (Lipinski definition) is 1. The second-order valence-electron chi connectivity index (χ2n) is 3.36. The van der Waals surface area contributed by atoms with Crippen molar-refractivity contribution >= 4 is 10.8 Å². The van der Waals surface area contributed by atoms with E-state index in [1.54, 1.807) is 0 Å². The predicted octanol–water partition coefficient (Wildman–Crippen LogP) is 1.57. The van der Waals surface area contributed by atoms with E-state index in [1.165, 1.54) is 5.56 Å². The van der Waals surface area contributed by atoms with Gasteiger partial charge in [0.2, 0.25) is 0 Å². The van der Waals surface area contributed by atoms with E-state index in [-0.39, 0.29) is 5.94 Å². The molecule has 3 nitrogen and oxygen atoms in total. The topological polar surface area (TPSA) is 52.3 Å². The van der Waals surface area contributed by atoms with Gasteiger partial charge in [-0.15, -0.1) is 0 Å². The van der Waals surface area contributed by atoms with Crippen LogP contribution in [-0.2, 0) is 15.6 Å². The molecule has 0 heterocycles. The third-order valence-electron chi connectivity index (χ3n) is 2.01. The molecule has 0 aliphatic rings. The van der Waals surface area contributed by atoms with Gasteiger partial charge < -0.3 is 0 Å². The highest BCUT2D eigenvalue weighted by atomic mass is 32.2. The third-order valence-corrected chi connectivity index (χ3v) is 3.46. The molecule has 1 atom stereocenters. The molecule has 0 spiro atoms. The molecule has 1 aromatic carbocycles. The van der Waals surface area contributed by atoms with Gasteiger partial charge in [-0.25, -0.2) is 5.90 Å². The Morgan fingerprint density at radius 3 is 2.21 bits per heavy atom. The van der Waals surface area contributed by atoms with E-state index in [4.69, 9.17) is 5.90 Å². The van der Waals surface area contributed by atoms with Gasteiger partial charge >= 0.3 is 0 Å². The van der Waals surface area contributed by atoms with Crippen LogP contribution in [-0.4, -0.2) is 10.1 Å². The SMILES string of the molecule is Cc1cc(C)c(S(=O)CON)c(C)c1. The standard InChI is InChI=1S/C10H15NO2S/c1-7-4-8(2)10(9(3)5-7)14(12)6-13-11/h4-5H,6,11H2,1-3H3. The van der Waals surface area contributed by atoms with Crippen molar-refractivity contribution in [2.24, 2.45) is 5.90 Å². The fourth-order valence-corrected chi connectivity index (χ4v) is 2.72. The monoisotopic (exact) mass is 213 g/mol. The molecular weight excluding hydrogens is 198 g/mol. The first-order valence-electron chi connectivity index (χ1n) is 4.34. The summed E-state index contributed by atoms with van der Waals surface area (Å²) in [5.41, 5.74) is 3.23. The number of rotatable bonds is 3. The molecule has 1 unspecified atom stereocenters. The molecule has 0 saturated carbocycles. The van der Waals surface area contributed by atoms with E-state index in [1.807, 2.05) is 32.9 Å². The summed E-state index contributed by atoms with van der Waals surface area (Å²) in [6, 6.07) is 4.02. The zero-order valence-electron chi connectivity index (χ0n) is 8.66. The smallest absolute Gasteiger partial charge is 0.147 e. The van der Waals surface area contributed by atoms with Gasteiger partial charge in [0.1, 0.15) is 5.94 Å². The average Bonchev–Trinajstić information content (AvgIpc) is 2.01. The lowest BCUT2D eigenvalue weighted by Gasteiger charge is -2.09. The van der Waals surface area contributed by atoms with Crippen molar-refractivity contribution in [1.29, 1.82) is 0 Å². The number of benzene rings is 1. The average molecular weight is 213 g/mol. The lowest BCUT2D eigenvalue weighted by Crippen LogP contribution is -2.09. The van der Waals surface area contributed by atoms with E-state index < -0.39 is 10.8 Å². The molecule has 0 aromatic heterocycles. The molecule has 0 fully saturated rings. The first-order valence-corrected chi connectivity index (χ1v) is 5.66. The fraction of sp³-hybridized carbons (Fsp3) is 0.400. The lowest BCUT2D eigenvalue weighted by atomic mass is 10.1. The summed E-state index contributed by atoms with van der Waals surface area (Å²) in [6.45, 7) is 5.92. The quantitative estimate of drug-likeness (QED) is 0.775. The molecule has 0 aliphatic carbocycles. The number of aryl methyl sites for hydroxylation is 3. The molecule has 2 N–H and O–H groups in total. The van der Waals surface area contributed by atoms with Crippen molar-refractivity contribution in [1.82, 2.24) is 0 Å². The molecule has 1 aromatic rings. The summed E-state index contributed by atoms with van der Waals surface area (Å²) in [6.07, 6.45) is 0. The van der Waals surface area contributed by atoms with Gasteiger partial charge in [0.05, 0.1) is 10.8 Å². The van der Waals surface area contributed by atoms with E-state index in [9.17, 15) is 4.21 Å². The molecule has 4 heteroatoms. The van der Waals surface area contributed by atoms with E-state index in [0.29, 0.717) is 0 Å². The Hall–Kier alpha value is -0.710. The van der Waals surface area contributed by atoms with Crippen LogP contribution in [0.3, 0.4) is 0 Å². The maximum absolute atomic E-state index is 11.7. The summed E-state index contributed by atoms with van der Waals surface area (Å²) >= 11 is 0. The molecule has 0 amide bonds. The maximum Gasteiger partial charge on any atom is 0.147 e. The number of hydrogen-bond acceptors (Lipinski definition) is 3. The zero-order valence-corrected chi connectivity index (χ0v) is 9.48. The van der Waals surface area contributed by atoms with E-state index >= 15 is 0 Å². The van der Waals surface area contributed by atoms with Crippen molar-refractivity contribution in [2.75, 3.05) is 5.94 Å². The van der Waals surface area contributed by atoms with E-state index in [2.05, 4.69) is 4.84 Å². The summed E-state index contributed by atoms with van der Waals surface area (Å²) in [4.78, 5) is 5.23. The second kappa shape index (κ2) is 4.68. The Bertz CT molecular complexity index is 340. The van der Waals surface area contributed by atoms with Gasteiger partial charge in [0, 0.05) is 4.90 Å². The second-order valence-corrected chi connectivity index (χ2v) is 4.69. The van der Waals surface area contributed by atoms with Crippen LogP contribution >= 0.6 is 0 Å². The van der Waals surface area contributed by atoms with Crippen LogP contribution in [0.15, 0.2) is 17.0 Å². The summed E-state index contributed by atoms with van der Waals surface area (Å²) < 4.78 is 11.7. The van der Waals surface area contributed by atoms with Gasteiger partial charge in [-0.3, -0.25) is 9.05 Å².